The molecule has 3 aromatic rings. The van der Waals surface area contributed by atoms with Crippen molar-refractivity contribution in [2.24, 2.45) is 0 Å². The van der Waals surface area contributed by atoms with E-state index in [0.29, 0.717) is 25.5 Å². The number of aromatic nitrogens is 1. The van der Waals surface area contributed by atoms with Gasteiger partial charge in [-0.25, -0.2) is 0 Å². The Balaban J connectivity index is 1.51. The van der Waals surface area contributed by atoms with Crippen molar-refractivity contribution >= 4 is 0 Å². The van der Waals surface area contributed by atoms with Gasteiger partial charge in [-0.2, -0.15) is 0 Å². The molecule has 33 heavy (non-hydrogen) atoms. The predicted octanol–water partition coefficient (Wildman–Crippen LogP) is 5.00. The van der Waals surface area contributed by atoms with Gasteiger partial charge >= 0.3 is 0 Å². The standard InChI is InChI=1S/C27H33NO5/c1-20-26(33-19-18-32-23-8-6-21(7-9-23)27(2,3)4)25(29)14-15-28(20)16-17-31-24-12-10-22(30-5)11-13-24/h6-15H,16-19H2,1-5H3. The van der Waals surface area contributed by atoms with Gasteiger partial charge in [0.15, 0.2) is 5.75 Å². The molecule has 6 nitrogen and oxygen atoms in total. The molecule has 0 spiro atoms. The molecule has 0 saturated carbocycles. The molecule has 1 heterocycles. The van der Waals surface area contributed by atoms with Crippen molar-refractivity contribution in [3.8, 4) is 23.0 Å². The van der Waals surface area contributed by atoms with E-state index in [1.54, 1.807) is 13.3 Å². The molecule has 6 heteroatoms. The Kier molecular flexibility index (Phi) is 8.04. The van der Waals surface area contributed by atoms with Crippen LogP contribution in [0.25, 0.3) is 0 Å². The topological polar surface area (TPSA) is 58.9 Å². The third-order valence-electron chi connectivity index (χ3n) is 5.37. The zero-order valence-electron chi connectivity index (χ0n) is 20.1. The van der Waals surface area contributed by atoms with Crippen molar-refractivity contribution in [3.63, 3.8) is 0 Å². The molecule has 0 N–H and O–H groups in total. The Hall–Kier alpha value is -3.41. The first kappa shape index (κ1) is 24.2. The van der Waals surface area contributed by atoms with Gasteiger partial charge in [0.1, 0.15) is 37.1 Å². The lowest BCUT2D eigenvalue weighted by atomic mass is 9.87. The number of hydrogen-bond donors (Lipinski definition) is 0. The van der Waals surface area contributed by atoms with Gasteiger partial charge in [-0.1, -0.05) is 32.9 Å². The van der Waals surface area contributed by atoms with E-state index in [4.69, 9.17) is 18.9 Å². The maximum absolute atomic E-state index is 12.3. The van der Waals surface area contributed by atoms with E-state index in [1.165, 1.54) is 11.6 Å². The Labute approximate surface area is 195 Å². The molecular weight excluding hydrogens is 418 g/mol. The van der Waals surface area contributed by atoms with Gasteiger partial charge in [0.25, 0.3) is 0 Å². The highest BCUT2D eigenvalue weighted by atomic mass is 16.5. The van der Waals surface area contributed by atoms with Crippen molar-refractivity contribution in [1.82, 2.24) is 4.57 Å². The molecular formula is C27H33NO5. The minimum atomic E-state index is -0.144. The number of nitrogens with zero attached hydrogens (tertiary/aromatic N) is 1. The van der Waals surface area contributed by atoms with E-state index >= 15 is 0 Å². The highest BCUT2D eigenvalue weighted by Crippen LogP contribution is 2.24. The van der Waals surface area contributed by atoms with Gasteiger partial charge in [-0.3, -0.25) is 4.79 Å². The summed E-state index contributed by atoms with van der Waals surface area (Å²) in [5, 5.41) is 0. The van der Waals surface area contributed by atoms with E-state index in [2.05, 4.69) is 32.9 Å². The molecule has 0 atom stereocenters. The lowest BCUT2D eigenvalue weighted by Gasteiger charge is -2.19. The van der Waals surface area contributed by atoms with E-state index < -0.39 is 0 Å². The molecule has 2 aromatic carbocycles. The molecule has 0 bridgehead atoms. The average Bonchev–Trinajstić information content (AvgIpc) is 2.80. The van der Waals surface area contributed by atoms with E-state index in [0.717, 1.165) is 22.9 Å². The second-order valence-corrected chi connectivity index (χ2v) is 8.78. The second-order valence-electron chi connectivity index (χ2n) is 8.78. The third-order valence-corrected chi connectivity index (χ3v) is 5.37. The fourth-order valence-corrected chi connectivity index (χ4v) is 3.36. The molecule has 0 amide bonds. The molecule has 176 valence electrons. The second kappa shape index (κ2) is 10.9. The monoisotopic (exact) mass is 451 g/mol. The molecule has 3 rings (SSSR count). The van der Waals surface area contributed by atoms with Crippen LogP contribution in [-0.4, -0.2) is 31.5 Å². The first-order valence-corrected chi connectivity index (χ1v) is 11.1. The van der Waals surface area contributed by atoms with Crippen LogP contribution in [0.15, 0.2) is 65.6 Å². The number of benzene rings is 2. The molecule has 0 radical (unpaired) electrons. The highest BCUT2D eigenvalue weighted by Gasteiger charge is 2.13. The van der Waals surface area contributed by atoms with Crippen molar-refractivity contribution in [1.29, 1.82) is 0 Å². The summed E-state index contributed by atoms with van der Waals surface area (Å²) in [7, 11) is 1.63. The quantitative estimate of drug-likeness (QED) is 0.406. The first-order valence-electron chi connectivity index (χ1n) is 11.1. The summed E-state index contributed by atoms with van der Waals surface area (Å²) in [5.74, 6) is 2.67. The number of pyridine rings is 1. The fraction of sp³-hybridized carbons (Fsp3) is 0.370. The molecule has 0 aliphatic heterocycles. The van der Waals surface area contributed by atoms with Gasteiger partial charge < -0.3 is 23.5 Å². The van der Waals surface area contributed by atoms with Crippen LogP contribution < -0.4 is 24.4 Å². The number of methoxy groups -OCH3 is 1. The lowest BCUT2D eigenvalue weighted by molar-refractivity contribution is 0.213. The molecule has 0 saturated heterocycles. The van der Waals surface area contributed by atoms with Crippen LogP contribution in [0, 0.1) is 6.92 Å². The molecule has 0 fully saturated rings. The van der Waals surface area contributed by atoms with Crippen LogP contribution in [0.3, 0.4) is 0 Å². The van der Waals surface area contributed by atoms with Crippen LogP contribution in [0.2, 0.25) is 0 Å². The number of ether oxygens (including phenoxy) is 4. The van der Waals surface area contributed by atoms with Crippen LogP contribution in [0.4, 0.5) is 0 Å². The maximum Gasteiger partial charge on any atom is 0.223 e. The van der Waals surface area contributed by atoms with Crippen LogP contribution in [0.1, 0.15) is 32.0 Å². The highest BCUT2D eigenvalue weighted by molar-refractivity contribution is 5.32. The Morgan fingerprint density at radius 1 is 0.758 bits per heavy atom. The Bertz CT molecular complexity index is 1080. The average molecular weight is 452 g/mol. The summed E-state index contributed by atoms with van der Waals surface area (Å²) < 4.78 is 24.5. The number of rotatable bonds is 10. The van der Waals surface area contributed by atoms with Crippen LogP contribution >= 0.6 is 0 Å². The smallest absolute Gasteiger partial charge is 0.223 e. The summed E-state index contributed by atoms with van der Waals surface area (Å²) in [6.07, 6.45) is 1.76. The summed E-state index contributed by atoms with van der Waals surface area (Å²) in [6.45, 7) is 10.1. The summed E-state index contributed by atoms with van der Waals surface area (Å²) in [5.41, 5.74) is 1.97. The Morgan fingerprint density at radius 2 is 1.30 bits per heavy atom. The zero-order chi connectivity index (χ0) is 23.8. The van der Waals surface area contributed by atoms with E-state index in [9.17, 15) is 4.79 Å². The Morgan fingerprint density at radius 3 is 1.91 bits per heavy atom. The minimum absolute atomic E-state index is 0.103. The van der Waals surface area contributed by atoms with Crippen LogP contribution in [0.5, 0.6) is 23.0 Å². The number of hydrogen-bond acceptors (Lipinski definition) is 5. The van der Waals surface area contributed by atoms with Gasteiger partial charge in [-0.15, -0.1) is 0 Å². The van der Waals surface area contributed by atoms with Gasteiger partial charge in [0, 0.05) is 12.3 Å². The van der Waals surface area contributed by atoms with Crippen LogP contribution in [-0.2, 0) is 12.0 Å². The lowest BCUT2D eigenvalue weighted by Crippen LogP contribution is -2.19. The van der Waals surface area contributed by atoms with Gasteiger partial charge in [0.2, 0.25) is 5.43 Å². The van der Waals surface area contributed by atoms with Crippen molar-refractivity contribution in [2.75, 3.05) is 26.9 Å². The van der Waals surface area contributed by atoms with E-state index in [-0.39, 0.29) is 17.5 Å². The first-order chi connectivity index (χ1) is 15.8. The largest absolute Gasteiger partial charge is 0.497 e. The van der Waals surface area contributed by atoms with Gasteiger partial charge in [0.05, 0.1) is 19.3 Å². The molecule has 0 aliphatic rings. The molecule has 0 aliphatic carbocycles. The van der Waals surface area contributed by atoms with Crippen molar-refractivity contribution in [3.05, 3.63) is 82.3 Å². The normalized spacial score (nSPS) is 11.2. The maximum atomic E-state index is 12.3. The summed E-state index contributed by atoms with van der Waals surface area (Å²) >= 11 is 0. The van der Waals surface area contributed by atoms with Gasteiger partial charge in [-0.05, 0) is 54.3 Å². The predicted molar refractivity (Wildman–Crippen MR) is 130 cm³/mol. The third kappa shape index (κ3) is 6.78. The minimum Gasteiger partial charge on any atom is -0.497 e. The summed E-state index contributed by atoms with van der Waals surface area (Å²) in [6, 6.07) is 17.0. The van der Waals surface area contributed by atoms with E-state index in [1.807, 2.05) is 47.9 Å². The van der Waals surface area contributed by atoms with Crippen molar-refractivity contribution < 1.29 is 18.9 Å². The zero-order valence-corrected chi connectivity index (χ0v) is 20.1. The SMILES string of the molecule is COc1ccc(OCCn2ccc(=O)c(OCCOc3ccc(C(C)(C)C)cc3)c2C)cc1. The summed E-state index contributed by atoms with van der Waals surface area (Å²) in [4.78, 5) is 12.3. The fourth-order valence-electron chi connectivity index (χ4n) is 3.36. The van der Waals surface area contributed by atoms with Crippen molar-refractivity contribution in [2.45, 2.75) is 39.7 Å². The molecule has 0 unspecified atom stereocenters. The molecule has 1 aromatic heterocycles.